The van der Waals surface area contributed by atoms with E-state index in [-0.39, 0.29) is 10.8 Å². The summed E-state index contributed by atoms with van der Waals surface area (Å²) in [6, 6.07) is 19.7. The molecule has 29 heavy (non-hydrogen) atoms. The summed E-state index contributed by atoms with van der Waals surface area (Å²) in [5.41, 5.74) is 4.23. The minimum atomic E-state index is -3.84. The van der Waals surface area contributed by atoms with Gasteiger partial charge in [-0.1, -0.05) is 48.5 Å². The third kappa shape index (κ3) is 4.84. The fraction of sp³-hybridized carbons (Fsp3) is 0.174. The first-order chi connectivity index (χ1) is 13.8. The maximum absolute atomic E-state index is 13.0. The molecule has 0 fully saturated rings. The Balaban J connectivity index is 1.84. The second-order valence-electron chi connectivity index (χ2n) is 7.00. The number of rotatable bonds is 6. The summed E-state index contributed by atoms with van der Waals surface area (Å²) in [6.07, 6.45) is 0. The van der Waals surface area contributed by atoms with E-state index in [0.29, 0.717) is 23.4 Å². The molecule has 0 radical (unpaired) electrons. The molecule has 0 bridgehead atoms. The van der Waals surface area contributed by atoms with Crippen molar-refractivity contribution in [3.05, 3.63) is 94.5 Å². The van der Waals surface area contributed by atoms with Crippen molar-refractivity contribution in [1.82, 2.24) is 5.32 Å². The Kier molecular flexibility index (Phi) is 6.03. The molecule has 0 aliphatic rings. The topological polar surface area (TPSA) is 75.3 Å². The monoisotopic (exact) mass is 408 g/mol. The average Bonchev–Trinajstić information content (AvgIpc) is 2.70. The molecular weight excluding hydrogens is 384 g/mol. The Morgan fingerprint density at radius 3 is 2.31 bits per heavy atom. The average molecular weight is 409 g/mol. The zero-order valence-electron chi connectivity index (χ0n) is 16.7. The van der Waals surface area contributed by atoms with E-state index in [1.54, 1.807) is 31.2 Å². The van der Waals surface area contributed by atoms with E-state index in [0.717, 1.165) is 16.7 Å². The number of anilines is 1. The van der Waals surface area contributed by atoms with Gasteiger partial charge in [-0.25, -0.2) is 8.42 Å². The van der Waals surface area contributed by atoms with Gasteiger partial charge in [0, 0.05) is 12.1 Å². The van der Waals surface area contributed by atoms with Crippen molar-refractivity contribution in [3.8, 4) is 0 Å². The van der Waals surface area contributed by atoms with Gasteiger partial charge in [0.15, 0.2) is 0 Å². The molecule has 0 aliphatic heterocycles. The number of hydrogen-bond donors (Lipinski definition) is 2. The van der Waals surface area contributed by atoms with Crippen LogP contribution in [0.4, 0.5) is 5.69 Å². The van der Waals surface area contributed by atoms with Crippen LogP contribution in [0.5, 0.6) is 0 Å². The Morgan fingerprint density at radius 1 is 0.862 bits per heavy atom. The SMILES string of the molecule is Cc1ccc(C(=O)NCc2ccccc2)cc1S(=O)(=O)Nc1cccc(C)c1C. The van der Waals surface area contributed by atoms with Gasteiger partial charge in [0.2, 0.25) is 0 Å². The Morgan fingerprint density at radius 2 is 1.59 bits per heavy atom. The lowest BCUT2D eigenvalue weighted by Gasteiger charge is -2.14. The fourth-order valence-electron chi connectivity index (χ4n) is 2.97. The lowest BCUT2D eigenvalue weighted by atomic mass is 10.1. The molecule has 150 valence electrons. The van der Waals surface area contributed by atoms with Crippen LogP contribution in [0.2, 0.25) is 0 Å². The van der Waals surface area contributed by atoms with E-state index in [1.807, 2.05) is 50.2 Å². The third-order valence-corrected chi connectivity index (χ3v) is 6.39. The van der Waals surface area contributed by atoms with E-state index in [4.69, 9.17) is 0 Å². The summed E-state index contributed by atoms with van der Waals surface area (Å²) in [5, 5.41) is 2.83. The zero-order chi connectivity index (χ0) is 21.0. The molecule has 3 rings (SSSR count). The number of nitrogens with one attached hydrogen (secondary N) is 2. The molecule has 1 amide bonds. The van der Waals surface area contributed by atoms with Crippen LogP contribution in [0.25, 0.3) is 0 Å². The van der Waals surface area contributed by atoms with Crippen molar-refractivity contribution < 1.29 is 13.2 Å². The van der Waals surface area contributed by atoms with Crippen LogP contribution in [-0.4, -0.2) is 14.3 Å². The van der Waals surface area contributed by atoms with Crippen LogP contribution in [0.15, 0.2) is 71.6 Å². The number of sulfonamides is 1. The van der Waals surface area contributed by atoms with Gasteiger partial charge >= 0.3 is 0 Å². The number of carbonyl (C=O) groups is 1. The molecule has 0 aromatic heterocycles. The molecule has 0 heterocycles. The molecule has 0 saturated carbocycles. The van der Waals surface area contributed by atoms with Gasteiger partial charge in [-0.3, -0.25) is 9.52 Å². The highest BCUT2D eigenvalue weighted by molar-refractivity contribution is 7.92. The summed E-state index contributed by atoms with van der Waals surface area (Å²) in [6.45, 7) is 5.88. The van der Waals surface area contributed by atoms with Crippen molar-refractivity contribution in [1.29, 1.82) is 0 Å². The fourth-order valence-corrected chi connectivity index (χ4v) is 4.37. The van der Waals surface area contributed by atoms with Crippen LogP contribution in [0, 0.1) is 20.8 Å². The number of carbonyl (C=O) groups excluding carboxylic acids is 1. The van der Waals surface area contributed by atoms with Crippen LogP contribution < -0.4 is 10.0 Å². The molecule has 5 nitrogen and oxygen atoms in total. The molecule has 0 atom stereocenters. The van der Waals surface area contributed by atoms with Crippen molar-refractivity contribution in [3.63, 3.8) is 0 Å². The van der Waals surface area contributed by atoms with Gasteiger partial charge < -0.3 is 5.32 Å². The molecule has 0 aliphatic carbocycles. The van der Waals surface area contributed by atoms with Gasteiger partial charge in [0.05, 0.1) is 10.6 Å². The predicted molar refractivity (Wildman–Crippen MR) is 116 cm³/mol. The summed E-state index contributed by atoms with van der Waals surface area (Å²) in [4.78, 5) is 12.6. The maximum Gasteiger partial charge on any atom is 0.262 e. The molecule has 2 N–H and O–H groups in total. The Hall–Kier alpha value is -3.12. The molecular formula is C23H24N2O3S. The molecule has 0 unspecified atom stereocenters. The number of hydrogen-bond acceptors (Lipinski definition) is 3. The van der Waals surface area contributed by atoms with Gasteiger partial charge in [0.1, 0.15) is 0 Å². The molecule has 0 saturated heterocycles. The number of amides is 1. The smallest absolute Gasteiger partial charge is 0.262 e. The van der Waals surface area contributed by atoms with Crippen molar-refractivity contribution >= 4 is 21.6 Å². The van der Waals surface area contributed by atoms with Gasteiger partial charge in [-0.15, -0.1) is 0 Å². The highest BCUT2D eigenvalue weighted by Gasteiger charge is 2.20. The largest absolute Gasteiger partial charge is 0.348 e. The van der Waals surface area contributed by atoms with Crippen molar-refractivity contribution in [2.24, 2.45) is 0 Å². The van der Waals surface area contributed by atoms with Crippen molar-refractivity contribution in [2.45, 2.75) is 32.2 Å². The minimum Gasteiger partial charge on any atom is -0.348 e. The van der Waals surface area contributed by atoms with Crippen LogP contribution in [0.1, 0.15) is 32.6 Å². The van der Waals surface area contributed by atoms with Crippen LogP contribution in [0.3, 0.4) is 0 Å². The normalized spacial score (nSPS) is 11.1. The summed E-state index contributed by atoms with van der Waals surface area (Å²) in [5.74, 6) is -0.322. The summed E-state index contributed by atoms with van der Waals surface area (Å²) >= 11 is 0. The first-order valence-electron chi connectivity index (χ1n) is 9.30. The molecule has 3 aromatic rings. The Bertz CT molecular complexity index is 1140. The first-order valence-corrected chi connectivity index (χ1v) is 10.8. The van der Waals surface area contributed by atoms with E-state index in [9.17, 15) is 13.2 Å². The van der Waals surface area contributed by atoms with Crippen LogP contribution >= 0.6 is 0 Å². The Labute approximate surface area is 171 Å². The van der Waals surface area contributed by atoms with Gasteiger partial charge in [0.25, 0.3) is 15.9 Å². The number of aryl methyl sites for hydroxylation is 2. The lowest BCUT2D eigenvalue weighted by Crippen LogP contribution is -2.23. The van der Waals surface area contributed by atoms with E-state index >= 15 is 0 Å². The van der Waals surface area contributed by atoms with E-state index in [1.165, 1.54) is 6.07 Å². The first kappa shape index (κ1) is 20.6. The third-order valence-electron chi connectivity index (χ3n) is 4.88. The molecule has 3 aromatic carbocycles. The highest BCUT2D eigenvalue weighted by Crippen LogP contribution is 2.24. The maximum atomic E-state index is 13.0. The standard InChI is InChI=1S/C23H24N2O3S/c1-16-8-7-11-21(18(16)3)25-29(27,28)22-14-20(13-12-17(22)2)23(26)24-15-19-9-5-4-6-10-19/h4-14,25H,15H2,1-3H3,(H,24,26). The lowest BCUT2D eigenvalue weighted by molar-refractivity contribution is 0.0950. The summed E-state index contributed by atoms with van der Waals surface area (Å²) < 4.78 is 28.6. The van der Waals surface area contributed by atoms with E-state index in [2.05, 4.69) is 10.0 Å². The zero-order valence-corrected chi connectivity index (χ0v) is 17.5. The second kappa shape index (κ2) is 8.49. The van der Waals surface area contributed by atoms with E-state index < -0.39 is 10.0 Å². The minimum absolute atomic E-state index is 0.0887. The highest BCUT2D eigenvalue weighted by atomic mass is 32.2. The van der Waals surface area contributed by atoms with Crippen molar-refractivity contribution in [2.75, 3.05) is 4.72 Å². The second-order valence-corrected chi connectivity index (χ2v) is 8.65. The quantitative estimate of drug-likeness (QED) is 0.637. The molecule has 0 spiro atoms. The summed E-state index contributed by atoms with van der Waals surface area (Å²) in [7, 11) is -3.84. The number of benzene rings is 3. The van der Waals surface area contributed by atoms with Gasteiger partial charge in [-0.2, -0.15) is 0 Å². The predicted octanol–water partition coefficient (Wildman–Crippen LogP) is 4.34. The van der Waals surface area contributed by atoms with Crippen LogP contribution in [-0.2, 0) is 16.6 Å². The molecule has 6 heteroatoms. The van der Waals surface area contributed by atoms with Gasteiger partial charge in [-0.05, 0) is 61.2 Å².